The first-order chi connectivity index (χ1) is 12.0. The van der Waals surface area contributed by atoms with Gasteiger partial charge in [-0.15, -0.1) is 11.3 Å². The molecule has 0 aliphatic heterocycles. The van der Waals surface area contributed by atoms with Crippen molar-refractivity contribution in [2.45, 2.75) is 17.8 Å². The maximum absolute atomic E-state index is 9.41. The molecule has 126 valence electrons. The van der Waals surface area contributed by atoms with E-state index in [4.69, 9.17) is 23.1 Å². The van der Waals surface area contributed by atoms with Crippen molar-refractivity contribution in [3.8, 4) is 17.3 Å². The van der Waals surface area contributed by atoms with Crippen LogP contribution in [0.25, 0.3) is 11.3 Å². The smallest absolute Gasteiger partial charge is 0.190 e. The first-order valence-corrected chi connectivity index (χ1v) is 9.39. The molecule has 6 nitrogen and oxygen atoms in total. The molecule has 1 aromatic carbocycles. The van der Waals surface area contributed by atoms with Gasteiger partial charge in [0.25, 0.3) is 0 Å². The summed E-state index contributed by atoms with van der Waals surface area (Å²) >= 11 is 9.26. The zero-order valence-corrected chi connectivity index (χ0v) is 15.5. The molecule has 0 fully saturated rings. The molecule has 0 spiro atoms. The quantitative estimate of drug-likeness (QED) is 0.395. The molecule has 0 saturated heterocycles. The topological polar surface area (TPSA) is 114 Å². The lowest BCUT2D eigenvalue weighted by Crippen LogP contribution is -2.03. The van der Waals surface area contributed by atoms with Crippen molar-refractivity contribution in [1.82, 2.24) is 15.0 Å². The highest BCUT2D eigenvalue weighted by Gasteiger charge is 2.17. The summed E-state index contributed by atoms with van der Waals surface area (Å²) in [5.41, 5.74) is 14.4. The lowest BCUT2D eigenvalue weighted by atomic mass is 10.1. The van der Waals surface area contributed by atoms with E-state index in [2.05, 4.69) is 15.0 Å². The minimum atomic E-state index is 0.123. The van der Waals surface area contributed by atoms with E-state index in [0.29, 0.717) is 32.9 Å². The van der Waals surface area contributed by atoms with Gasteiger partial charge in [0.15, 0.2) is 5.16 Å². The Morgan fingerprint density at radius 3 is 2.72 bits per heavy atom. The van der Waals surface area contributed by atoms with Gasteiger partial charge in [0.2, 0.25) is 0 Å². The molecule has 0 bridgehead atoms. The zero-order valence-electron chi connectivity index (χ0n) is 13.2. The van der Waals surface area contributed by atoms with Crippen LogP contribution in [0.2, 0.25) is 5.02 Å². The SMILES string of the molecule is Cc1nc(CSc2nc(N)c(C#N)c(-c3ccc(N)cc3Cl)n2)cs1. The predicted molar refractivity (Wildman–Crippen MR) is 102 cm³/mol. The summed E-state index contributed by atoms with van der Waals surface area (Å²) in [6, 6.07) is 7.08. The van der Waals surface area contributed by atoms with E-state index >= 15 is 0 Å². The zero-order chi connectivity index (χ0) is 18.0. The standard InChI is InChI=1S/C16H13ClN6S2/c1-8-21-10(6-24-8)7-25-16-22-14(12(5-18)15(20)23-16)11-3-2-9(19)4-13(11)17/h2-4,6H,7,19H2,1H3,(H2,20,22,23). The maximum atomic E-state index is 9.41. The van der Waals surface area contributed by atoms with Gasteiger partial charge in [-0.1, -0.05) is 23.4 Å². The van der Waals surface area contributed by atoms with Crippen molar-refractivity contribution in [2.24, 2.45) is 0 Å². The van der Waals surface area contributed by atoms with Crippen LogP contribution >= 0.6 is 34.7 Å². The molecule has 0 atom stereocenters. The van der Waals surface area contributed by atoms with Gasteiger partial charge in [-0.05, 0) is 25.1 Å². The van der Waals surface area contributed by atoms with Crippen LogP contribution in [0.1, 0.15) is 16.3 Å². The number of rotatable bonds is 4. The molecule has 0 amide bonds. The second-order valence-electron chi connectivity index (χ2n) is 5.11. The summed E-state index contributed by atoms with van der Waals surface area (Å²) < 4.78 is 0. The number of hydrogen-bond donors (Lipinski definition) is 2. The van der Waals surface area contributed by atoms with Crippen molar-refractivity contribution in [2.75, 3.05) is 11.5 Å². The third-order valence-corrected chi connectivity index (χ3v) is 5.31. The second-order valence-corrected chi connectivity index (χ2v) is 7.52. The average Bonchev–Trinajstić information content (AvgIpc) is 2.98. The number of halogens is 1. The molecule has 0 aliphatic carbocycles. The van der Waals surface area contributed by atoms with Crippen LogP contribution in [0.5, 0.6) is 0 Å². The first-order valence-electron chi connectivity index (χ1n) is 7.14. The molecule has 3 rings (SSSR count). The molecule has 2 aromatic heterocycles. The lowest BCUT2D eigenvalue weighted by molar-refractivity contribution is 0.973. The van der Waals surface area contributed by atoms with E-state index < -0.39 is 0 Å². The molecule has 2 heterocycles. The van der Waals surface area contributed by atoms with Gasteiger partial charge in [0, 0.05) is 22.4 Å². The number of anilines is 2. The number of thiazole rings is 1. The van der Waals surface area contributed by atoms with Crippen LogP contribution in [0.4, 0.5) is 11.5 Å². The lowest BCUT2D eigenvalue weighted by Gasteiger charge is -2.10. The molecule has 0 radical (unpaired) electrons. The Kier molecular flexibility index (Phi) is 5.08. The van der Waals surface area contributed by atoms with Gasteiger partial charge < -0.3 is 11.5 Å². The fourth-order valence-corrected chi connectivity index (χ4v) is 3.90. The van der Waals surface area contributed by atoms with Crippen LogP contribution < -0.4 is 11.5 Å². The fraction of sp³-hybridized carbons (Fsp3) is 0.125. The largest absolute Gasteiger partial charge is 0.399 e. The number of nitrogens with two attached hydrogens (primary N) is 2. The Balaban J connectivity index is 1.99. The Hall–Kier alpha value is -2.34. The molecular weight excluding hydrogens is 376 g/mol. The molecular formula is C16H13ClN6S2. The summed E-state index contributed by atoms with van der Waals surface area (Å²) in [5, 5.41) is 13.3. The van der Waals surface area contributed by atoms with E-state index in [-0.39, 0.29) is 11.4 Å². The summed E-state index contributed by atoms with van der Waals surface area (Å²) in [6.45, 7) is 1.95. The van der Waals surface area contributed by atoms with E-state index in [9.17, 15) is 5.26 Å². The van der Waals surface area contributed by atoms with Crippen molar-refractivity contribution in [1.29, 1.82) is 5.26 Å². The highest BCUT2D eigenvalue weighted by Crippen LogP contribution is 2.34. The van der Waals surface area contributed by atoms with Crippen LogP contribution in [0.15, 0.2) is 28.7 Å². The minimum Gasteiger partial charge on any atom is -0.399 e. The molecule has 0 unspecified atom stereocenters. The highest BCUT2D eigenvalue weighted by atomic mass is 35.5. The predicted octanol–water partition coefficient (Wildman–Crippen LogP) is 3.89. The molecule has 9 heteroatoms. The molecule has 25 heavy (non-hydrogen) atoms. The number of thioether (sulfide) groups is 1. The number of benzene rings is 1. The van der Waals surface area contributed by atoms with Gasteiger partial charge in [-0.25, -0.2) is 15.0 Å². The Morgan fingerprint density at radius 1 is 1.28 bits per heavy atom. The van der Waals surface area contributed by atoms with Crippen molar-refractivity contribution in [3.05, 3.63) is 44.9 Å². The Morgan fingerprint density at radius 2 is 2.08 bits per heavy atom. The summed E-state index contributed by atoms with van der Waals surface area (Å²) in [4.78, 5) is 13.1. The van der Waals surface area contributed by atoms with E-state index in [0.717, 1.165) is 10.7 Å². The van der Waals surface area contributed by atoms with Crippen molar-refractivity contribution in [3.63, 3.8) is 0 Å². The van der Waals surface area contributed by atoms with Crippen LogP contribution in [-0.2, 0) is 5.75 Å². The van der Waals surface area contributed by atoms with Gasteiger partial charge in [0.1, 0.15) is 17.5 Å². The first kappa shape index (κ1) is 17.5. The van der Waals surface area contributed by atoms with Crippen molar-refractivity contribution < 1.29 is 0 Å². The second kappa shape index (κ2) is 7.27. The summed E-state index contributed by atoms with van der Waals surface area (Å²) in [5.74, 6) is 0.738. The number of nitriles is 1. The van der Waals surface area contributed by atoms with E-state index in [1.165, 1.54) is 11.8 Å². The molecule has 4 N–H and O–H groups in total. The van der Waals surface area contributed by atoms with Crippen LogP contribution in [0, 0.1) is 18.3 Å². The van der Waals surface area contributed by atoms with E-state index in [1.54, 1.807) is 29.5 Å². The van der Waals surface area contributed by atoms with Crippen LogP contribution in [-0.4, -0.2) is 15.0 Å². The molecule has 0 saturated carbocycles. The van der Waals surface area contributed by atoms with Gasteiger partial charge in [-0.3, -0.25) is 0 Å². The van der Waals surface area contributed by atoms with Gasteiger partial charge in [0.05, 0.1) is 21.4 Å². The number of aromatic nitrogens is 3. The molecule has 3 aromatic rings. The monoisotopic (exact) mass is 388 g/mol. The highest BCUT2D eigenvalue weighted by molar-refractivity contribution is 7.98. The van der Waals surface area contributed by atoms with Crippen LogP contribution in [0.3, 0.4) is 0 Å². The van der Waals surface area contributed by atoms with Crippen molar-refractivity contribution >= 4 is 46.2 Å². The number of nitrogen functional groups attached to an aromatic ring is 2. The normalized spacial score (nSPS) is 10.6. The maximum Gasteiger partial charge on any atom is 0.190 e. The number of hydrogen-bond acceptors (Lipinski definition) is 8. The van der Waals surface area contributed by atoms with Gasteiger partial charge in [-0.2, -0.15) is 5.26 Å². The minimum absolute atomic E-state index is 0.123. The summed E-state index contributed by atoms with van der Waals surface area (Å²) in [7, 11) is 0. The number of nitrogens with zero attached hydrogens (tertiary/aromatic N) is 4. The Labute approximate surface area is 157 Å². The average molecular weight is 389 g/mol. The molecule has 0 aliphatic rings. The summed E-state index contributed by atoms with van der Waals surface area (Å²) in [6.07, 6.45) is 0. The Bertz CT molecular complexity index is 979. The van der Waals surface area contributed by atoms with E-state index in [1.807, 2.05) is 18.4 Å². The third kappa shape index (κ3) is 3.85. The number of aryl methyl sites for hydroxylation is 1. The third-order valence-electron chi connectivity index (χ3n) is 3.29. The van der Waals surface area contributed by atoms with Gasteiger partial charge >= 0.3 is 0 Å². The fourth-order valence-electron chi connectivity index (χ4n) is 2.16.